The lowest BCUT2D eigenvalue weighted by Gasteiger charge is -2.22. The molecule has 0 aliphatic rings. The van der Waals surface area contributed by atoms with Crippen molar-refractivity contribution in [1.29, 1.82) is 0 Å². The topological polar surface area (TPSA) is 45.5 Å². The van der Waals surface area contributed by atoms with E-state index in [0.717, 1.165) is 49.8 Å². The first-order chi connectivity index (χ1) is 12.1. The van der Waals surface area contributed by atoms with Gasteiger partial charge in [-0.3, -0.25) is 4.99 Å². The average molecular weight is 473 g/mol. The highest BCUT2D eigenvalue weighted by atomic mass is 127. The third-order valence-electron chi connectivity index (χ3n) is 4.00. The standard InChI is InChI=1S/C19H28FN5.HI/c1-4-21-19(24(3)15-17-8-7-9-18(20)14-17)23-10-5-6-12-25-13-11-22-16(25)2;/h7-9,11,13-14H,4-6,10,12,15H2,1-3H3,(H,21,23);1H. The van der Waals surface area contributed by atoms with Crippen LogP contribution in [0.4, 0.5) is 4.39 Å². The number of rotatable bonds is 8. The van der Waals surface area contributed by atoms with Crippen LogP contribution < -0.4 is 5.32 Å². The Labute approximate surface area is 172 Å². The fourth-order valence-electron chi connectivity index (χ4n) is 2.67. The van der Waals surface area contributed by atoms with E-state index in [9.17, 15) is 4.39 Å². The van der Waals surface area contributed by atoms with Crippen LogP contribution >= 0.6 is 24.0 Å². The van der Waals surface area contributed by atoms with Crippen molar-refractivity contribution in [2.75, 3.05) is 20.1 Å². The number of unbranched alkanes of at least 4 members (excludes halogenated alkanes) is 1. The molecular weight excluding hydrogens is 444 g/mol. The van der Waals surface area contributed by atoms with E-state index < -0.39 is 0 Å². The van der Waals surface area contributed by atoms with Crippen LogP contribution in [0.2, 0.25) is 0 Å². The summed E-state index contributed by atoms with van der Waals surface area (Å²) in [6.07, 6.45) is 5.92. The zero-order chi connectivity index (χ0) is 18.1. The summed E-state index contributed by atoms with van der Waals surface area (Å²) in [5.74, 6) is 1.69. The van der Waals surface area contributed by atoms with Crippen molar-refractivity contribution in [1.82, 2.24) is 19.8 Å². The zero-order valence-corrected chi connectivity index (χ0v) is 18.1. The van der Waals surface area contributed by atoms with Crippen molar-refractivity contribution in [3.8, 4) is 0 Å². The second-order valence-electron chi connectivity index (χ2n) is 6.10. The van der Waals surface area contributed by atoms with Gasteiger partial charge in [0.1, 0.15) is 11.6 Å². The van der Waals surface area contributed by atoms with Crippen LogP contribution in [0.3, 0.4) is 0 Å². The van der Waals surface area contributed by atoms with E-state index in [1.165, 1.54) is 6.07 Å². The largest absolute Gasteiger partial charge is 0.357 e. The number of guanidine groups is 1. The van der Waals surface area contributed by atoms with Crippen molar-refractivity contribution in [2.45, 2.75) is 39.8 Å². The predicted octanol–water partition coefficient (Wildman–Crippen LogP) is 3.83. The molecule has 0 bridgehead atoms. The first kappa shape index (κ1) is 22.4. The van der Waals surface area contributed by atoms with Gasteiger partial charge in [0, 0.05) is 45.6 Å². The summed E-state index contributed by atoms with van der Waals surface area (Å²) in [4.78, 5) is 10.9. The van der Waals surface area contributed by atoms with Gasteiger partial charge in [0.15, 0.2) is 5.96 Å². The van der Waals surface area contributed by atoms with Gasteiger partial charge >= 0.3 is 0 Å². The SMILES string of the molecule is CCNC(=NCCCCn1ccnc1C)N(C)Cc1cccc(F)c1.I. The Balaban J connectivity index is 0.00000338. The van der Waals surface area contributed by atoms with Crippen LogP contribution in [0.25, 0.3) is 0 Å². The molecule has 0 fully saturated rings. The number of hydrogen-bond acceptors (Lipinski definition) is 2. The fraction of sp³-hybridized carbons (Fsp3) is 0.474. The maximum Gasteiger partial charge on any atom is 0.193 e. The summed E-state index contributed by atoms with van der Waals surface area (Å²) in [5, 5.41) is 3.30. The lowest BCUT2D eigenvalue weighted by Crippen LogP contribution is -2.38. The Hall–Kier alpha value is -1.64. The van der Waals surface area contributed by atoms with Gasteiger partial charge in [-0.1, -0.05) is 12.1 Å². The molecule has 5 nitrogen and oxygen atoms in total. The molecule has 1 aromatic carbocycles. The highest BCUT2D eigenvalue weighted by Crippen LogP contribution is 2.07. The van der Waals surface area contributed by atoms with E-state index in [0.29, 0.717) is 6.54 Å². The molecule has 0 unspecified atom stereocenters. The first-order valence-electron chi connectivity index (χ1n) is 8.81. The van der Waals surface area contributed by atoms with Crippen LogP contribution in [0.5, 0.6) is 0 Å². The summed E-state index contributed by atoms with van der Waals surface area (Å²) in [7, 11) is 1.97. The van der Waals surface area contributed by atoms with Crippen molar-refractivity contribution in [2.24, 2.45) is 4.99 Å². The molecule has 2 rings (SSSR count). The molecule has 0 saturated heterocycles. The molecule has 7 heteroatoms. The Morgan fingerprint density at radius 3 is 2.81 bits per heavy atom. The van der Waals surface area contributed by atoms with Gasteiger partial charge < -0.3 is 14.8 Å². The molecule has 26 heavy (non-hydrogen) atoms. The fourth-order valence-corrected chi connectivity index (χ4v) is 2.67. The quantitative estimate of drug-likeness (QED) is 0.275. The summed E-state index contributed by atoms with van der Waals surface area (Å²) in [6.45, 7) is 7.23. The van der Waals surface area contributed by atoms with E-state index in [-0.39, 0.29) is 29.8 Å². The van der Waals surface area contributed by atoms with E-state index >= 15 is 0 Å². The van der Waals surface area contributed by atoms with Crippen molar-refractivity contribution < 1.29 is 4.39 Å². The lowest BCUT2D eigenvalue weighted by molar-refractivity contribution is 0.473. The van der Waals surface area contributed by atoms with E-state index in [1.54, 1.807) is 12.1 Å². The van der Waals surface area contributed by atoms with Crippen LogP contribution in [0, 0.1) is 12.7 Å². The Morgan fingerprint density at radius 1 is 1.35 bits per heavy atom. The first-order valence-corrected chi connectivity index (χ1v) is 8.81. The van der Waals surface area contributed by atoms with E-state index in [1.807, 2.05) is 44.3 Å². The molecule has 0 atom stereocenters. The maximum atomic E-state index is 13.3. The normalized spacial score (nSPS) is 11.2. The molecule has 0 aliphatic heterocycles. The molecular formula is C19H29FIN5. The van der Waals surface area contributed by atoms with E-state index in [4.69, 9.17) is 0 Å². The van der Waals surface area contributed by atoms with Gasteiger partial charge in [-0.05, 0) is 44.4 Å². The summed E-state index contributed by atoms with van der Waals surface area (Å²) < 4.78 is 15.5. The minimum Gasteiger partial charge on any atom is -0.357 e. The van der Waals surface area contributed by atoms with Crippen LogP contribution in [-0.2, 0) is 13.1 Å². The minimum atomic E-state index is -0.206. The lowest BCUT2D eigenvalue weighted by atomic mass is 10.2. The molecule has 0 amide bonds. The monoisotopic (exact) mass is 473 g/mol. The molecule has 0 spiro atoms. The number of imidazole rings is 1. The van der Waals surface area contributed by atoms with Crippen molar-refractivity contribution >= 4 is 29.9 Å². The highest BCUT2D eigenvalue weighted by molar-refractivity contribution is 14.0. The third-order valence-corrected chi connectivity index (χ3v) is 4.00. The Bertz CT molecular complexity index is 686. The number of nitrogens with zero attached hydrogens (tertiary/aromatic N) is 4. The van der Waals surface area contributed by atoms with E-state index in [2.05, 4.69) is 19.9 Å². The molecule has 1 heterocycles. The molecule has 0 aliphatic carbocycles. The van der Waals surface area contributed by atoms with Gasteiger partial charge in [0.25, 0.3) is 0 Å². The smallest absolute Gasteiger partial charge is 0.193 e. The van der Waals surface area contributed by atoms with Crippen molar-refractivity contribution in [3.63, 3.8) is 0 Å². The number of aliphatic imine (C=N–C) groups is 1. The Morgan fingerprint density at radius 2 is 2.15 bits per heavy atom. The number of aryl methyl sites for hydroxylation is 2. The Kier molecular flexibility index (Phi) is 10.2. The molecule has 0 saturated carbocycles. The second-order valence-corrected chi connectivity index (χ2v) is 6.10. The summed E-state index contributed by atoms with van der Waals surface area (Å²) in [6, 6.07) is 6.69. The molecule has 144 valence electrons. The van der Waals surface area contributed by atoms with Crippen LogP contribution in [0.1, 0.15) is 31.2 Å². The molecule has 1 N–H and O–H groups in total. The summed E-state index contributed by atoms with van der Waals surface area (Å²) >= 11 is 0. The van der Waals surface area contributed by atoms with Gasteiger partial charge in [-0.25, -0.2) is 9.37 Å². The highest BCUT2D eigenvalue weighted by Gasteiger charge is 2.07. The molecule has 0 radical (unpaired) electrons. The molecule has 2 aromatic rings. The van der Waals surface area contributed by atoms with Crippen molar-refractivity contribution in [3.05, 3.63) is 53.9 Å². The number of aromatic nitrogens is 2. The van der Waals surface area contributed by atoms with Crippen LogP contribution in [-0.4, -0.2) is 40.5 Å². The number of halogens is 2. The second kappa shape index (κ2) is 11.9. The molecule has 1 aromatic heterocycles. The van der Waals surface area contributed by atoms with Gasteiger partial charge in [0.05, 0.1) is 0 Å². The van der Waals surface area contributed by atoms with Crippen LogP contribution in [0.15, 0.2) is 41.7 Å². The zero-order valence-electron chi connectivity index (χ0n) is 15.8. The van der Waals surface area contributed by atoms with Gasteiger partial charge in [-0.2, -0.15) is 0 Å². The predicted molar refractivity (Wildman–Crippen MR) is 115 cm³/mol. The average Bonchev–Trinajstić information content (AvgIpc) is 2.98. The minimum absolute atomic E-state index is 0. The maximum absolute atomic E-state index is 13.3. The number of hydrogen-bond donors (Lipinski definition) is 1. The van der Waals surface area contributed by atoms with Gasteiger partial charge in [0.2, 0.25) is 0 Å². The number of nitrogens with one attached hydrogen (secondary N) is 1. The third kappa shape index (κ3) is 7.31. The number of benzene rings is 1. The summed E-state index contributed by atoms with van der Waals surface area (Å²) in [5.41, 5.74) is 0.934. The van der Waals surface area contributed by atoms with Gasteiger partial charge in [-0.15, -0.1) is 24.0 Å².